The molecule has 0 aromatic heterocycles. The molecule has 0 aromatic rings. The number of carbonyl (C=O) groups excluding carboxylic acids is 3. The number of rotatable bonds is 13. The van der Waals surface area contributed by atoms with E-state index in [9.17, 15) is 19.5 Å². The fourth-order valence-electron chi connectivity index (χ4n) is 6.09. The number of aliphatic hydroxyl groups is 1. The van der Waals surface area contributed by atoms with Crippen LogP contribution in [0.5, 0.6) is 0 Å². The SMILES string of the molecule is C=CCN(CCCC)C(=O)C1N([C@H](C)CO)C(=O)[C@@H]2[C@H](C(=O)N(CC=C)CCC)[C@H]3SC12CC3Br. The van der Waals surface area contributed by atoms with Gasteiger partial charge in [0.05, 0.1) is 29.2 Å². The van der Waals surface area contributed by atoms with Crippen LogP contribution < -0.4 is 0 Å². The van der Waals surface area contributed by atoms with Gasteiger partial charge in [0.1, 0.15) is 6.04 Å². The number of hydrogen-bond donors (Lipinski definition) is 1. The van der Waals surface area contributed by atoms with Crippen molar-refractivity contribution in [1.82, 2.24) is 14.7 Å². The molecule has 1 N–H and O–H groups in total. The lowest BCUT2D eigenvalue weighted by Gasteiger charge is -2.39. The highest BCUT2D eigenvalue weighted by molar-refractivity contribution is 9.09. The standard InChI is InChI=1S/C26H40BrN3O4S/c1-6-10-14-29(13-9-4)25(34)22-26-15-18(27)21(35-26)19(23(32)28(11-7-2)12-8-3)20(26)24(33)30(22)17(5)16-31/h7,9,17-22,31H,2,4,6,8,10-16H2,1,3,5H3/t17-,18?,19+,20+,21+,22?,26?/m1/s1. The molecule has 3 saturated heterocycles. The maximum atomic E-state index is 14.1. The molecule has 3 aliphatic heterocycles. The Balaban J connectivity index is 2.07. The van der Waals surface area contributed by atoms with Crippen molar-refractivity contribution < 1.29 is 19.5 Å². The van der Waals surface area contributed by atoms with Crippen LogP contribution in [-0.4, -0.2) is 97.2 Å². The van der Waals surface area contributed by atoms with Crippen molar-refractivity contribution in [3.8, 4) is 0 Å². The summed E-state index contributed by atoms with van der Waals surface area (Å²) in [5, 5.41) is 9.97. The van der Waals surface area contributed by atoms with Crippen LogP contribution in [0.15, 0.2) is 25.3 Å². The van der Waals surface area contributed by atoms with Crippen LogP contribution >= 0.6 is 27.7 Å². The Morgan fingerprint density at radius 3 is 2.37 bits per heavy atom. The van der Waals surface area contributed by atoms with Gasteiger partial charge in [0.15, 0.2) is 0 Å². The lowest BCUT2D eigenvalue weighted by Crippen LogP contribution is -2.57. The van der Waals surface area contributed by atoms with Gasteiger partial charge in [-0.05, 0) is 26.2 Å². The van der Waals surface area contributed by atoms with Gasteiger partial charge in [-0.25, -0.2) is 0 Å². The lowest BCUT2D eigenvalue weighted by atomic mass is 9.70. The molecule has 3 unspecified atom stereocenters. The van der Waals surface area contributed by atoms with E-state index in [4.69, 9.17) is 0 Å². The minimum Gasteiger partial charge on any atom is -0.394 e. The number of unbranched alkanes of at least 4 members (excludes halogenated alkanes) is 1. The smallest absolute Gasteiger partial charge is 0.247 e. The van der Waals surface area contributed by atoms with E-state index in [1.807, 2.05) is 6.92 Å². The number of halogens is 1. The van der Waals surface area contributed by atoms with Crippen molar-refractivity contribution in [3.05, 3.63) is 25.3 Å². The first-order chi connectivity index (χ1) is 16.7. The molecule has 9 heteroatoms. The van der Waals surface area contributed by atoms with E-state index in [0.29, 0.717) is 32.6 Å². The van der Waals surface area contributed by atoms with Gasteiger partial charge in [-0.15, -0.1) is 24.9 Å². The summed E-state index contributed by atoms with van der Waals surface area (Å²) in [5.41, 5.74) is 0. The molecule has 0 saturated carbocycles. The second-order valence-corrected chi connectivity index (χ2v) is 12.7. The first-order valence-corrected chi connectivity index (χ1v) is 14.6. The molecular formula is C26H40BrN3O4S. The summed E-state index contributed by atoms with van der Waals surface area (Å²) in [5.74, 6) is -1.41. The predicted molar refractivity (Wildman–Crippen MR) is 144 cm³/mol. The monoisotopic (exact) mass is 569 g/mol. The number of alkyl halides is 1. The Labute approximate surface area is 222 Å². The fourth-order valence-corrected chi connectivity index (χ4v) is 9.67. The first kappa shape index (κ1) is 28.3. The Morgan fingerprint density at radius 1 is 1.20 bits per heavy atom. The molecule has 7 nitrogen and oxygen atoms in total. The van der Waals surface area contributed by atoms with Gasteiger partial charge in [-0.3, -0.25) is 14.4 Å². The van der Waals surface area contributed by atoms with Crippen LogP contribution in [0.25, 0.3) is 0 Å². The number of carbonyl (C=O) groups is 3. The van der Waals surface area contributed by atoms with Gasteiger partial charge < -0.3 is 19.8 Å². The van der Waals surface area contributed by atoms with Crippen molar-refractivity contribution in [2.24, 2.45) is 11.8 Å². The molecule has 196 valence electrons. The number of hydrogen-bond acceptors (Lipinski definition) is 5. The molecule has 35 heavy (non-hydrogen) atoms. The van der Waals surface area contributed by atoms with Gasteiger partial charge in [-0.1, -0.05) is 48.4 Å². The van der Waals surface area contributed by atoms with E-state index in [-0.39, 0.29) is 34.4 Å². The maximum Gasteiger partial charge on any atom is 0.247 e. The summed E-state index contributed by atoms with van der Waals surface area (Å²) >= 11 is 5.45. The van der Waals surface area contributed by atoms with Gasteiger partial charge in [-0.2, -0.15) is 0 Å². The van der Waals surface area contributed by atoms with E-state index < -0.39 is 28.7 Å². The summed E-state index contributed by atoms with van der Waals surface area (Å²) in [6.07, 6.45) is 6.70. The van der Waals surface area contributed by atoms with Crippen LogP contribution in [0, 0.1) is 11.8 Å². The summed E-state index contributed by atoms with van der Waals surface area (Å²) in [7, 11) is 0. The van der Waals surface area contributed by atoms with Crippen molar-refractivity contribution in [2.75, 3.05) is 32.8 Å². The molecule has 0 aliphatic carbocycles. The fraction of sp³-hybridized carbons (Fsp3) is 0.731. The average Bonchev–Trinajstić information content (AvgIpc) is 3.43. The van der Waals surface area contributed by atoms with Crippen LogP contribution in [0.2, 0.25) is 0 Å². The number of aliphatic hydroxyl groups excluding tert-OH is 1. The number of nitrogens with zero attached hydrogens (tertiary/aromatic N) is 3. The quantitative estimate of drug-likeness (QED) is 0.272. The molecule has 3 amide bonds. The van der Waals surface area contributed by atoms with Crippen LogP contribution in [0.4, 0.5) is 0 Å². The summed E-state index contributed by atoms with van der Waals surface area (Å²) < 4.78 is -0.700. The predicted octanol–water partition coefficient (Wildman–Crippen LogP) is 3.07. The second-order valence-electron chi connectivity index (χ2n) is 9.94. The van der Waals surface area contributed by atoms with Gasteiger partial charge in [0.25, 0.3) is 0 Å². The zero-order chi connectivity index (χ0) is 25.9. The zero-order valence-electron chi connectivity index (χ0n) is 21.2. The van der Waals surface area contributed by atoms with E-state index in [0.717, 1.165) is 19.3 Å². The van der Waals surface area contributed by atoms with Gasteiger partial charge in [0.2, 0.25) is 17.7 Å². The Morgan fingerprint density at radius 2 is 1.83 bits per heavy atom. The Kier molecular flexibility index (Phi) is 9.54. The molecule has 3 aliphatic rings. The first-order valence-electron chi connectivity index (χ1n) is 12.8. The molecule has 0 aromatic carbocycles. The minimum atomic E-state index is -0.717. The summed E-state index contributed by atoms with van der Waals surface area (Å²) in [6.45, 7) is 15.3. The molecule has 1 spiro atoms. The van der Waals surface area contributed by atoms with Crippen molar-refractivity contribution >= 4 is 45.4 Å². The minimum absolute atomic E-state index is 0.0286. The Hall–Kier alpha value is -1.32. The molecule has 7 atom stereocenters. The molecular weight excluding hydrogens is 530 g/mol. The van der Waals surface area contributed by atoms with Gasteiger partial charge >= 0.3 is 0 Å². The van der Waals surface area contributed by atoms with Crippen molar-refractivity contribution in [2.45, 2.75) is 73.4 Å². The lowest BCUT2D eigenvalue weighted by molar-refractivity contribution is -0.146. The van der Waals surface area contributed by atoms with Crippen molar-refractivity contribution in [1.29, 1.82) is 0 Å². The van der Waals surface area contributed by atoms with E-state index >= 15 is 0 Å². The van der Waals surface area contributed by atoms with E-state index in [1.165, 1.54) is 0 Å². The number of fused-ring (bicyclic) bond motifs is 1. The normalized spacial score (nSPS) is 31.9. The van der Waals surface area contributed by atoms with Crippen LogP contribution in [-0.2, 0) is 14.4 Å². The molecule has 3 heterocycles. The summed E-state index contributed by atoms with van der Waals surface area (Å²) in [4.78, 5) is 47.2. The van der Waals surface area contributed by atoms with Gasteiger partial charge in [0, 0.05) is 36.3 Å². The third kappa shape index (κ3) is 4.85. The van der Waals surface area contributed by atoms with E-state index in [1.54, 1.807) is 45.5 Å². The highest BCUT2D eigenvalue weighted by Gasteiger charge is 2.76. The third-order valence-electron chi connectivity index (χ3n) is 7.58. The summed E-state index contributed by atoms with van der Waals surface area (Å²) in [6, 6.07) is -1.23. The topological polar surface area (TPSA) is 81.2 Å². The van der Waals surface area contributed by atoms with Crippen LogP contribution in [0.3, 0.4) is 0 Å². The average molecular weight is 571 g/mol. The highest BCUT2D eigenvalue weighted by Crippen LogP contribution is 2.68. The number of likely N-dealkylation sites (tertiary alicyclic amines) is 1. The number of thioether (sulfide) groups is 1. The highest BCUT2D eigenvalue weighted by atomic mass is 79.9. The molecule has 0 radical (unpaired) electrons. The van der Waals surface area contributed by atoms with Crippen molar-refractivity contribution in [3.63, 3.8) is 0 Å². The second kappa shape index (κ2) is 11.8. The number of amides is 3. The third-order valence-corrected chi connectivity index (χ3v) is 10.8. The van der Waals surface area contributed by atoms with E-state index in [2.05, 4.69) is 36.0 Å². The molecule has 3 fully saturated rings. The van der Waals surface area contributed by atoms with Crippen LogP contribution in [0.1, 0.15) is 46.5 Å². The zero-order valence-corrected chi connectivity index (χ0v) is 23.6. The molecule has 3 rings (SSSR count). The largest absolute Gasteiger partial charge is 0.394 e. The molecule has 2 bridgehead atoms. The maximum absolute atomic E-state index is 14.1. The Bertz CT molecular complexity index is 841.